The van der Waals surface area contributed by atoms with Crippen molar-refractivity contribution in [3.05, 3.63) is 96.0 Å². The van der Waals surface area contributed by atoms with Gasteiger partial charge in [0.2, 0.25) is 0 Å². The van der Waals surface area contributed by atoms with Crippen molar-refractivity contribution < 1.29 is 14.3 Å². The molecule has 0 saturated heterocycles. The Kier molecular flexibility index (Phi) is 6.30. The molecule has 0 radical (unpaired) electrons. The summed E-state index contributed by atoms with van der Waals surface area (Å²) in [5.41, 5.74) is 11.8. The number of nitrogens with zero attached hydrogens (tertiary/aromatic N) is 2. The molecule has 0 bridgehead atoms. The van der Waals surface area contributed by atoms with Crippen LogP contribution in [-0.4, -0.2) is 30.1 Å². The number of hydrogen-bond acceptors (Lipinski definition) is 7. The zero-order chi connectivity index (χ0) is 26.9. The van der Waals surface area contributed by atoms with Crippen molar-refractivity contribution in [1.82, 2.24) is 9.97 Å². The molecule has 0 aliphatic carbocycles. The van der Waals surface area contributed by atoms with Gasteiger partial charge >= 0.3 is 0 Å². The van der Waals surface area contributed by atoms with Gasteiger partial charge in [0.05, 0.1) is 36.8 Å². The fourth-order valence-electron chi connectivity index (χ4n) is 4.67. The van der Waals surface area contributed by atoms with Gasteiger partial charge in [-0.2, -0.15) is 0 Å². The highest BCUT2D eigenvalue weighted by molar-refractivity contribution is 7.21. The molecule has 3 aromatic carbocycles. The summed E-state index contributed by atoms with van der Waals surface area (Å²) in [4.78, 5) is 23.9. The number of carbonyl (C=O) groups excluding carboxylic acids is 1. The number of nitrogens with one attached hydrogen (secondary N) is 1. The highest BCUT2D eigenvalue weighted by Crippen LogP contribution is 2.45. The number of anilines is 2. The van der Waals surface area contributed by atoms with Gasteiger partial charge in [0.1, 0.15) is 21.2 Å². The summed E-state index contributed by atoms with van der Waals surface area (Å²) in [5.74, 6) is 1.02. The number of carbonyl (C=O) groups is 1. The molecule has 192 valence electrons. The van der Waals surface area contributed by atoms with Gasteiger partial charge in [-0.3, -0.25) is 9.78 Å². The van der Waals surface area contributed by atoms with Crippen molar-refractivity contribution in [2.24, 2.45) is 0 Å². The second-order valence-corrected chi connectivity index (χ2v) is 9.84. The average Bonchev–Trinajstić information content (AvgIpc) is 3.33. The number of amides is 1. The number of nitrogen functional groups attached to an aromatic ring is 1. The number of ether oxygens (including phenoxy) is 2. The number of fused-ring (bicyclic) bond motifs is 2. The van der Waals surface area contributed by atoms with Gasteiger partial charge in [0.25, 0.3) is 5.91 Å². The van der Waals surface area contributed by atoms with Crippen molar-refractivity contribution >= 4 is 49.7 Å². The third-order valence-corrected chi connectivity index (χ3v) is 7.66. The van der Waals surface area contributed by atoms with Crippen LogP contribution in [0.5, 0.6) is 11.5 Å². The second kappa shape index (κ2) is 10.1. The molecule has 3 N–H and O–H groups in total. The van der Waals surface area contributed by atoms with Crippen LogP contribution in [0.2, 0.25) is 0 Å². The third kappa shape index (κ3) is 4.41. The number of methoxy groups -OCH3 is 2. The molecule has 6 aromatic rings. The fourth-order valence-corrected chi connectivity index (χ4v) is 5.69. The first-order valence-corrected chi connectivity index (χ1v) is 13.0. The van der Waals surface area contributed by atoms with E-state index in [2.05, 4.69) is 10.3 Å². The number of benzene rings is 3. The first-order valence-electron chi connectivity index (χ1n) is 12.2. The summed E-state index contributed by atoms with van der Waals surface area (Å²) in [6.07, 6.45) is 1.72. The first kappa shape index (κ1) is 24.4. The molecular formula is C31H24N4O3S. The zero-order valence-corrected chi connectivity index (χ0v) is 22.1. The van der Waals surface area contributed by atoms with E-state index in [9.17, 15) is 4.79 Å². The molecule has 0 saturated carbocycles. The molecule has 1 amide bonds. The normalized spacial score (nSPS) is 11.0. The average molecular weight is 533 g/mol. The van der Waals surface area contributed by atoms with Crippen molar-refractivity contribution in [2.45, 2.75) is 0 Å². The lowest BCUT2D eigenvalue weighted by Crippen LogP contribution is -2.12. The predicted molar refractivity (Wildman–Crippen MR) is 158 cm³/mol. The maximum Gasteiger partial charge on any atom is 0.267 e. The first-order chi connectivity index (χ1) is 19.1. The van der Waals surface area contributed by atoms with Gasteiger partial charge in [-0.15, -0.1) is 11.3 Å². The fraction of sp³-hybridized carbons (Fsp3) is 0.0645. The van der Waals surface area contributed by atoms with E-state index in [0.717, 1.165) is 33.3 Å². The Labute approximate surface area is 228 Å². The summed E-state index contributed by atoms with van der Waals surface area (Å²) in [6, 6.07) is 26.9. The van der Waals surface area contributed by atoms with Crippen LogP contribution in [0.25, 0.3) is 43.5 Å². The van der Waals surface area contributed by atoms with Crippen molar-refractivity contribution in [2.75, 3.05) is 25.3 Å². The smallest absolute Gasteiger partial charge is 0.267 e. The molecule has 3 aromatic heterocycles. The van der Waals surface area contributed by atoms with E-state index in [1.807, 2.05) is 84.9 Å². The summed E-state index contributed by atoms with van der Waals surface area (Å²) in [7, 11) is 3.24. The molecule has 3 heterocycles. The van der Waals surface area contributed by atoms with Crippen LogP contribution in [0.4, 0.5) is 11.4 Å². The number of hydrogen-bond donors (Lipinski definition) is 2. The summed E-state index contributed by atoms with van der Waals surface area (Å²) >= 11 is 1.26. The van der Waals surface area contributed by atoms with Crippen LogP contribution in [0.1, 0.15) is 9.67 Å². The molecule has 0 aliphatic heterocycles. The number of aromatic nitrogens is 2. The number of thiophene rings is 1. The summed E-state index contributed by atoms with van der Waals surface area (Å²) in [5, 5.41) is 4.57. The van der Waals surface area contributed by atoms with Crippen molar-refractivity contribution in [3.63, 3.8) is 0 Å². The molecule has 7 nitrogen and oxygen atoms in total. The molecule has 0 aliphatic rings. The molecule has 0 unspecified atom stereocenters. The highest BCUT2D eigenvalue weighted by Gasteiger charge is 2.24. The Morgan fingerprint density at radius 1 is 0.897 bits per heavy atom. The SMILES string of the molecule is COc1ccc(OC)c(-c2cc(-c3ccccc3)nc3sc(C(=O)Nc4cccc5ncccc45)c(N)c23)c1. The molecular weight excluding hydrogens is 508 g/mol. The van der Waals surface area contributed by atoms with Crippen molar-refractivity contribution in [1.29, 1.82) is 0 Å². The Morgan fingerprint density at radius 3 is 2.54 bits per heavy atom. The van der Waals surface area contributed by atoms with E-state index < -0.39 is 0 Å². The highest BCUT2D eigenvalue weighted by atomic mass is 32.1. The van der Waals surface area contributed by atoms with E-state index >= 15 is 0 Å². The summed E-state index contributed by atoms with van der Waals surface area (Å²) in [6.45, 7) is 0. The number of nitrogens with two attached hydrogens (primary N) is 1. The van der Waals surface area contributed by atoms with Crippen LogP contribution < -0.4 is 20.5 Å². The second-order valence-electron chi connectivity index (χ2n) is 8.84. The number of rotatable bonds is 6. The molecule has 39 heavy (non-hydrogen) atoms. The summed E-state index contributed by atoms with van der Waals surface area (Å²) < 4.78 is 11.2. The van der Waals surface area contributed by atoms with Crippen LogP contribution in [0, 0.1) is 0 Å². The van der Waals surface area contributed by atoms with E-state index in [4.69, 9.17) is 20.2 Å². The van der Waals surface area contributed by atoms with E-state index in [1.54, 1.807) is 20.4 Å². The molecule has 0 atom stereocenters. The Bertz CT molecular complexity index is 1850. The largest absolute Gasteiger partial charge is 0.497 e. The Hall–Kier alpha value is -4.95. The van der Waals surface area contributed by atoms with Crippen LogP contribution in [0.15, 0.2) is 91.1 Å². The molecule has 0 fully saturated rings. The minimum Gasteiger partial charge on any atom is -0.497 e. The molecule has 0 spiro atoms. The van der Waals surface area contributed by atoms with Gasteiger partial charge in [-0.25, -0.2) is 4.98 Å². The van der Waals surface area contributed by atoms with E-state index in [1.165, 1.54) is 11.3 Å². The van der Waals surface area contributed by atoms with E-state index in [-0.39, 0.29) is 5.91 Å². The van der Waals surface area contributed by atoms with Crippen LogP contribution in [-0.2, 0) is 0 Å². The monoisotopic (exact) mass is 532 g/mol. The minimum absolute atomic E-state index is 0.309. The lowest BCUT2D eigenvalue weighted by Gasteiger charge is -2.14. The zero-order valence-electron chi connectivity index (χ0n) is 21.3. The van der Waals surface area contributed by atoms with Crippen LogP contribution >= 0.6 is 11.3 Å². The van der Waals surface area contributed by atoms with Crippen molar-refractivity contribution in [3.8, 4) is 33.9 Å². The maximum atomic E-state index is 13.6. The van der Waals surface area contributed by atoms with E-state index in [0.29, 0.717) is 38.0 Å². The Balaban J connectivity index is 1.54. The Morgan fingerprint density at radius 2 is 1.74 bits per heavy atom. The van der Waals surface area contributed by atoms with Gasteiger partial charge in [0.15, 0.2) is 0 Å². The van der Waals surface area contributed by atoms with Gasteiger partial charge in [-0.1, -0.05) is 36.4 Å². The standard InChI is InChI=1S/C31H24N4O3S/c1-37-19-13-14-26(38-2)21(16-19)22-17-25(18-8-4-3-5-9-18)35-31-27(22)28(32)29(39-31)30(36)34-24-12-6-11-23-20(24)10-7-15-33-23/h3-17H,32H2,1-2H3,(H,34,36). The quantitative estimate of drug-likeness (QED) is 0.239. The third-order valence-electron chi connectivity index (χ3n) is 6.57. The lowest BCUT2D eigenvalue weighted by molar-refractivity contribution is 0.103. The van der Waals surface area contributed by atoms with Gasteiger partial charge < -0.3 is 20.5 Å². The van der Waals surface area contributed by atoms with Gasteiger partial charge in [-0.05, 0) is 48.5 Å². The lowest BCUT2D eigenvalue weighted by atomic mass is 9.98. The maximum absolute atomic E-state index is 13.6. The minimum atomic E-state index is -0.309. The number of pyridine rings is 2. The topological polar surface area (TPSA) is 99.4 Å². The van der Waals surface area contributed by atoms with Gasteiger partial charge in [0, 0.05) is 33.7 Å². The molecule has 8 heteroatoms. The van der Waals surface area contributed by atoms with Crippen LogP contribution in [0.3, 0.4) is 0 Å². The molecule has 6 rings (SSSR count). The predicted octanol–water partition coefficient (Wildman–Crippen LogP) is 7.03.